The number of ether oxygens (including phenoxy) is 1. The standard InChI is InChI=1S/C17H25N3O3.2ClH/c18-11-15-4-5-16(23-15)17(22)20-8-6-19(7-9-20)12-13-2-1-3-14(21)10-13;;/h1-3,10,15-16,21H,4-9,11-12,18H2;2*1H/t15-,16+;;/m1../s1. The summed E-state index contributed by atoms with van der Waals surface area (Å²) in [6.45, 7) is 4.42. The lowest BCUT2D eigenvalue weighted by atomic mass is 10.1. The van der Waals surface area contributed by atoms with E-state index in [1.54, 1.807) is 12.1 Å². The maximum Gasteiger partial charge on any atom is 0.251 e. The quantitative estimate of drug-likeness (QED) is 0.810. The van der Waals surface area contributed by atoms with Crippen molar-refractivity contribution in [2.75, 3.05) is 32.7 Å². The van der Waals surface area contributed by atoms with Crippen LogP contribution in [0.5, 0.6) is 5.75 Å². The van der Waals surface area contributed by atoms with Crippen molar-refractivity contribution in [2.24, 2.45) is 5.73 Å². The smallest absolute Gasteiger partial charge is 0.251 e. The van der Waals surface area contributed by atoms with Crippen LogP contribution in [0.25, 0.3) is 0 Å². The van der Waals surface area contributed by atoms with Crippen molar-refractivity contribution in [2.45, 2.75) is 31.6 Å². The van der Waals surface area contributed by atoms with E-state index in [1.165, 1.54) is 0 Å². The third kappa shape index (κ3) is 5.72. The van der Waals surface area contributed by atoms with Crippen molar-refractivity contribution in [3.63, 3.8) is 0 Å². The number of nitrogens with zero attached hydrogens (tertiary/aromatic N) is 2. The fourth-order valence-corrected chi connectivity index (χ4v) is 3.30. The molecule has 2 aliphatic rings. The summed E-state index contributed by atoms with van der Waals surface area (Å²) < 4.78 is 5.70. The zero-order chi connectivity index (χ0) is 16.2. The molecule has 2 atom stereocenters. The highest BCUT2D eigenvalue weighted by atomic mass is 35.5. The fourth-order valence-electron chi connectivity index (χ4n) is 3.30. The molecule has 0 unspecified atom stereocenters. The van der Waals surface area contributed by atoms with Gasteiger partial charge in [-0.25, -0.2) is 0 Å². The molecule has 2 aliphatic heterocycles. The first-order chi connectivity index (χ1) is 11.2. The number of phenolic OH excluding ortho intramolecular Hbond substituents is 1. The minimum absolute atomic E-state index is 0. The molecular formula is C17H27Cl2N3O3. The van der Waals surface area contributed by atoms with E-state index in [0.717, 1.165) is 51.1 Å². The summed E-state index contributed by atoms with van der Waals surface area (Å²) in [5, 5.41) is 9.53. The van der Waals surface area contributed by atoms with Crippen LogP contribution >= 0.6 is 24.8 Å². The summed E-state index contributed by atoms with van der Waals surface area (Å²) in [6.07, 6.45) is 1.39. The molecule has 142 valence electrons. The molecular weight excluding hydrogens is 365 g/mol. The maximum atomic E-state index is 12.5. The van der Waals surface area contributed by atoms with Gasteiger partial charge in [0.15, 0.2) is 0 Å². The summed E-state index contributed by atoms with van der Waals surface area (Å²) in [5.41, 5.74) is 6.69. The third-order valence-corrected chi connectivity index (χ3v) is 4.65. The van der Waals surface area contributed by atoms with Crippen LogP contribution in [0, 0.1) is 0 Å². The molecule has 1 amide bonds. The van der Waals surface area contributed by atoms with Gasteiger partial charge in [0, 0.05) is 39.3 Å². The number of rotatable bonds is 4. The first-order valence-electron chi connectivity index (χ1n) is 8.30. The van der Waals surface area contributed by atoms with Gasteiger partial charge in [-0.05, 0) is 30.5 Å². The summed E-state index contributed by atoms with van der Waals surface area (Å²) in [4.78, 5) is 16.7. The molecule has 0 aromatic heterocycles. The Bertz CT molecular complexity index is 554. The summed E-state index contributed by atoms with van der Waals surface area (Å²) >= 11 is 0. The minimum atomic E-state index is -0.304. The van der Waals surface area contributed by atoms with E-state index in [0.29, 0.717) is 12.3 Å². The van der Waals surface area contributed by atoms with Crippen LogP contribution in [0.1, 0.15) is 18.4 Å². The molecule has 0 spiro atoms. The minimum Gasteiger partial charge on any atom is -0.508 e. The number of piperazine rings is 1. The van der Waals surface area contributed by atoms with Gasteiger partial charge in [-0.3, -0.25) is 9.69 Å². The Kier molecular flexibility index (Phi) is 8.96. The molecule has 3 rings (SSSR count). The molecule has 2 heterocycles. The largest absolute Gasteiger partial charge is 0.508 e. The molecule has 0 radical (unpaired) electrons. The Hall–Kier alpha value is -1.05. The van der Waals surface area contributed by atoms with Gasteiger partial charge in [0.1, 0.15) is 11.9 Å². The molecule has 0 aliphatic carbocycles. The first kappa shape index (κ1) is 22.0. The van der Waals surface area contributed by atoms with Gasteiger partial charge in [-0.2, -0.15) is 0 Å². The highest BCUT2D eigenvalue weighted by Crippen LogP contribution is 2.21. The normalized spacial score (nSPS) is 23.6. The average molecular weight is 392 g/mol. The van der Waals surface area contributed by atoms with Crippen molar-refractivity contribution in [1.29, 1.82) is 0 Å². The number of phenols is 1. The number of aromatic hydroxyl groups is 1. The molecule has 0 saturated carbocycles. The Morgan fingerprint density at radius 1 is 1.20 bits per heavy atom. The predicted octanol–water partition coefficient (Wildman–Crippen LogP) is 1.39. The molecule has 3 N–H and O–H groups in total. The first-order valence-corrected chi connectivity index (χ1v) is 8.30. The third-order valence-electron chi connectivity index (χ3n) is 4.65. The van der Waals surface area contributed by atoms with E-state index in [9.17, 15) is 9.90 Å². The second-order valence-corrected chi connectivity index (χ2v) is 6.33. The topological polar surface area (TPSA) is 79.0 Å². The second kappa shape index (κ2) is 10.2. The highest BCUT2D eigenvalue weighted by molar-refractivity contribution is 5.85. The molecule has 6 nitrogen and oxygen atoms in total. The number of hydrogen-bond acceptors (Lipinski definition) is 5. The number of halogens is 2. The van der Waals surface area contributed by atoms with Gasteiger partial charge in [-0.1, -0.05) is 12.1 Å². The fraction of sp³-hybridized carbons (Fsp3) is 0.588. The molecule has 1 aromatic carbocycles. The van der Waals surface area contributed by atoms with Gasteiger partial charge < -0.3 is 20.5 Å². The second-order valence-electron chi connectivity index (χ2n) is 6.33. The van der Waals surface area contributed by atoms with Crippen molar-refractivity contribution < 1.29 is 14.6 Å². The van der Waals surface area contributed by atoms with Crippen LogP contribution in [0.4, 0.5) is 0 Å². The molecule has 2 saturated heterocycles. The molecule has 8 heteroatoms. The number of benzene rings is 1. The summed E-state index contributed by atoms with van der Waals surface area (Å²) in [7, 11) is 0. The van der Waals surface area contributed by atoms with Crippen LogP contribution in [-0.2, 0) is 16.1 Å². The Balaban J connectivity index is 0.00000156. The lowest BCUT2D eigenvalue weighted by molar-refractivity contribution is -0.144. The van der Waals surface area contributed by atoms with E-state index < -0.39 is 0 Å². The van der Waals surface area contributed by atoms with E-state index >= 15 is 0 Å². The van der Waals surface area contributed by atoms with Crippen molar-refractivity contribution in [3.05, 3.63) is 29.8 Å². The molecule has 0 bridgehead atoms. The number of amides is 1. The Morgan fingerprint density at radius 3 is 2.52 bits per heavy atom. The number of nitrogens with two attached hydrogens (primary N) is 1. The van der Waals surface area contributed by atoms with Gasteiger partial charge in [0.2, 0.25) is 0 Å². The monoisotopic (exact) mass is 391 g/mol. The summed E-state index contributed by atoms with van der Waals surface area (Å²) in [5.74, 6) is 0.405. The molecule has 25 heavy (non-hydrogen) atoms. The van der Waals surface area contributed by atoms with Crippen LogP contribution in [0.3, 0.4) is 0 Å². The number of hydrogen-bond donors (Lipinski definition) is 2. The average Bonchev–Trinajstić information content (AvgIpc) is 3.04. The van der Waals surface area contributed by atoms with Crippen LogP contribution in [0.2, 0.25) is 0 Å². The predicted molar refractivity (Wildman–Crippen MR) is 101 cm³/mol. The van der Waals surface area contributed by atoms with E-state index in [1.807, 2.05) is 17.0 Å². The van der Waals surface area contributed by atoms with E-state index in [2.05, 4.69) is 4.90 Å². The number of carbonyl (C=O) groups is 1. The molecule has 2 fully saturated rings. The summed E-state index contributed by atoms with van der Waals surface area (Å²) in [6, 6.07) is 7.33. The van der Waals surface area contributed by atoms with Gasteiger partial charge in [0.05, 0.1) is 6.10 Å². The zero-order valence-electron chi connectivity index (χ0n) is 14.2. The van der Waals surface area contributed by atoms with E-state index in [4.69, 9.17) is 10.5 Å². The lowest BCUT2D eigenvalue weighted by Gasteiger charge is -2.35. The maximum absolute atomic E-state index is 12.5. The van der Waals surface area contributed by atoms with Crippen LogP contribution in [0.15, 0.2) is 24.3 Å². The van der Waals surface area contributed by atoms with Crippen molar-refractivity contribution in [1.82, 2.24) is 9.80 Å². The zero-order valence-corrected chi connectivity index (χ0v) is 15.8. The van der Waals surface area contributed by atoms with E-state index in [-0.39, 0.29) is 42.9 Å². The highest BCUT2D eigenvalue weighted by Gasteiger charge is 2.34. The van der Waals surface area contributed by atoms with Gasteiger partial charge >= 0.3 is 0 Å². The Labute approximate surface area is 161 Å². The number of carbonyl (C=O) groups excluding carboxylic acids is 1. The van der Waals surface area contributed by atoms with Crippen LogP contribution < -0.4 is 5.73 Å². The van der Waals surface area contributed by atoms with Crippen molar-refractivity contribution in [3.8, 4) is 5.75 Å². The van der Waals surface area contributed by atoms with Gasteiger partial charge in [0.25, 0.3) is 5.91 Å². The SMILES string of the molecule is Cl.Cl.NC[C@H]1CC[C@@H](C(=O)N2CCN(Cc3cccc(O)c3)CC2)O1. The Morgan fingerprint density at radius 2 is 1.92 bits per heavy atom. The van der Waals surface area contributed by atoms with Crippen molar-refractivity contribution >= 4 is 30.7 Å². The van der Waals surface area contributed by atoms with Crippen LogP contribution in [-0.4, -0.2) is 65.7 Å². The lowest BCUT2D eigenvalue weighted by Crippen LogP contribution is -2.51. The van der Waals surface area contributed by atoms with Gasteiger partial charge in [-0.15, -0.1) is 24.8 Å². The molecule has 1 aromatic rings.